The molecule has 3 heterocycles. The number of hydrogen-bond donors (Lipinski definition) is 1. The van der Waals surface area contributed by atoms with Crippen LogP contribution < -0.4 is 10.2 Å². The van der Waals surface area contributed by atoms with Crippen LogP contribution in [0.2, 0.25) is 5.02 Å². The van der Waals surface area contributed by atoms with Gasteiger partial charge in [0.2, 0.25) is 11.9 Å². The molecule has 1 saturated heterocycles. The Morgan fingerprint density at radius 1 is 1.05 bits per heavy atom. The summed E-state index contributed by atoms with van der Waals surface area (Å²) >= 11 is 6.28. The first-order valence-corrected chi connectivity index (χ1v) is 14.6. The number of carbonyl (C=O) groups is 1. The second-order valence-electron chi connectivity index (χ2n) is 10.6. The van der Waals surface area contributed by atoms with Crippen molar-refractivity contribution >= 4 is 45.7 Å². The molecular weight excluding hydrogens is 560 g/mol. The number of benzene rings is 3. The molecule has 1 aliphatic heterocycles. The number of amides is 1. The number of hydrogen-bond acceptors (Lipinski definition) is 7. The first-order chi connectivity index (χ1) is 20.9. The molecule has 216 valence electrons. The van der Waals surface area contributed by atoms with E-state index < -0.39 is 5.54 Å². The van der Waals surface area contributed by atoms with E-state index in [1.54, 1.807) is 23.9 Å². The van der Waals surface area contributed by atoms with Gasteiger partial charge in [0, 0.05) is 72.8 Å². The van der Waals surface area contributed by atoms with Crippen LogP contribution in [0.3, 0.4) is 0 Å². The lowest BCUT2D eigenvalue weighted by molar-refractivity contribution is -0.129. The first-order valence-electron chi connectivity index (χ1n) is 14.3. The molecule has 0 saturated carbocycles. The minimum Gasteiger partial charge on any atom is -0.368 e. The van der Waals surface area contributed by atoms with Gasteiger partial charge < -0.3 is 15.1 Å². The molecule has 10 heteroatoms. The van der Waals surface area contributed by atoms with E-state index in [1.807, 2.05) is 72.6 Å². The van der Waals surface area contributed by atoms with E-state index in [4.69, 9.17) is 21.7 Å². The van der Waals surface area contributed by atoms with Gasteiger partial charge in [-0.25, -0.2) is 14.6 Å². The smallest absolute Gasteiger partial charge is 0.227 e. The van der Waals surface area contributed by atoms with Crippen molar-refractivity contribution in [2.45, 2.75) is 25.8 Å². The fourth-order valence-corrected chi connectivity index (χ4v) is 5.82. The molecule has 6 rings (SSSR count). The number of fused-ring (bicyclic) bond motifs is 1. The molecule has 1 atom stereocenters. The summed E-state index contributed by atoms with van der Waals surface area (Å²) in [6, 6.07) is 25.8. The molecule has 0 radical (unpaired) electrons. The topological polar surface area (TPSA) is 103 Å². The van der Waals surface area contributed by atoms with Crippen molar-refractivity contribution < 1.29 is 4.79 Å². The van der Waals surface area contributed by atoms with Crippen LogP contribution >= 0.6 is 11.6 Å². The van der Waals surface area contributed by atoms with Crippen LogP contribution in [0.15, 0.2) is 85.2 Å². The number of nitrogens with one attached hydrogen (secondary N) is 1. The number of piperazine rings is 1. The van der Waals surface area contributed by atoms with E-state index in [2.05, 4.69) is 33.4 Å². The van der Waals surface area contributed by atoms with Crippen molar-refractivity contribution in [1.82, 2.24) is 24.6 Å². The fourth-order valence-electron chi connectivity index (χ4n) is 5.63. The normalized spacial score (nSPS) is 14.7. The van der Waals surface area contributed by atoms with Crippen LogP contribution in [0.25, 0.3) is 22.2 Å². The van der Waals surface area contributed by atoms with Gasteiger partial charge in [-0.3, -0.25) is 4.79 Å². The summed E-state index contributed by atoms with van der Waals surface area (Å²) in [6.07, 6.45) is 4.15. The van der Waals surface area contributed by atoms with Gasteiger partial charge >= 0.3 is 0 Å². The molecule has 43 heavy (non-hydrogen) atoms. The lowest BCUT2D eigenvalue weighted by Gasteiger charge is -2.35. The van der Waals surface area contributed by atoms with E-state index in [0.29, 0.717) is 36.2 Å². The molecule has 1 fully saturated rings. The Balaban J connectivity index is 1.29. The van der Waals surface area contributed by atoms with Gasteiger partial charge in [0.15, 0.2) is 5.54 Å². The molecule has 1 aliphatic rings. The van der Waals surface area contributed by atoms with Gasteiger partial charge in [0.1, 0.15) is 0 Å². The maximum absolute atomic E-state index is 11.7. The fraction of sp³-hybridized carbons (Fsp3) is 0.242. The lowest BCUT2D eigenvalue weighted by atomic mass is 9.89. The van der Waals surface area contributed by atoms with E-state index >= 15 is 0 Å². The Kier molecular flexibility index (Phi) is 7.70. The molecule has 2 aromatic heterocycles. The van der Waals surface area contributed by atoms with E-state index in [-0.39, 0.29) is 5.91 Å². The van der Waals surface area contributed by atoms with Gasteiger partial charge in [-0.05, 0) is 48.4 Å². The Morgan fingerprint density at radius 3 is 2.58 bits per heavy atom. The molecular formula is C33H31ClN8O. The highest BCUT2D eigenvalue weighted by Crippen LogP contribution is 2.33. The van der Waals surface area contributed by atoms with Crippen molar-refractivity contribution in [3.05, 3.63) is 95.8 Å². The Bertz CT molecular complexity index is 1840. The summed E-state index contributed by atoms with van der Waals surface area (Å²) in [7, 11) is 0. The number of nitriles is 1. The third-order valence-corrected chi connectivity index (χ3v) is 8.29. The van der Waals surface area contributed by atoms with Crippen molar-refractivity contribution in [1.29, 1.82) is 5.26 Å². The molecule has 3 aromatic carbocycles. The Labute approximate surface area is 255 Å². The lowest BCUT2D eigenvalue weighted by Crippen LogP contribution is -2.48. The van der Waals surface area contributed by atoms with Gasteiger partial charge in [0.05, 0.1) is 17.3 Å². The van der Waals surface area contributed by atoms with Crippen molar-refractivity contribution in [2.75, 3.05) is 36.4 Å². The maximum Gasteiger partial charge on any atom is 0.227 e. The molecule has 0 aliphatic carbocycles. The van der Waals surface area contributed by atoms with Crippen LogP contribution in [-0.2, 0) is 10.3 Å². The molecule has 1 unspecified atom stereocenters. The van der Waals surface area contributed by atoms with E-state index in [9.17, 15) is 10.1 Å². The summed E-state index contributed by atoms with van der Waals surface area (Å²) in [5.41, 5.74) is 4.04. The average Bonchev–Trinajstić information content (AvgIpc) is 3.52. The zero-order valence-corrected chi connectivity index (χ0v) is 24.8. The first kappa shape index (κ1) is 28.2. The predicted octanol–water partition coefficient (Wildman–Crippen LogP) is 6.24. The number of rotatable bonds is 7. The van der Waals surface area contributed by atoms with Crippen LogP contribution in [0, 0.1) is 11.3 Å². The second-order valence-corrected chi connectivity index (χ2v) is 11.0. The van der Waals surface area contributed by atoms with E-state index in [1.165, 1.54) is 0 Å². The van der Waals surface area contributed by atoms with Gasteiger partial charge in [-0.15, -0.1) is 0 Å². The van der Waals surface area contributed by atoms with Gasteiger partial charge in [-0.2, -0.15) is 10.4 Å². The molecule has 1 amide bonds. The minimum atomic E-state index is -1.00. The summed E-state index contributed by atoms with van der Waals surface area (Å²) in [6.45, 7) is 6.59. The molecule has 5 aromatic rings. The predicted molar refractivity (Wildman–Crippen MR) is 169 cm³/mol. The Morgan fingerprint density at radius 2 is 1.84 bits per heavy atom. The molecule has 0 spiro atoms. The highest BCUT2D eigenvalue weighted by atomic mass is 35.5. The van der Waals surface area contributed by atoms with Crippen LogP contribution in [0.1, 0.15) is 25.8 Å². The number of aromatic nitrogens is 4. The zero-order valence-electron chi connectivity index (χ0n) is 24.0. The molecule has 9 nitrogen and oxygen atoms in total. The van der Waals surface area contributed by atoms with Crippen molar-refractivity contribution in [3.63, 3.8) is 0 Å². The zero-order chi connectivity index (χ0) is 30.0. The highest BCUT2D eigenvalue weighted by Gasteiger charge is 2.34. The monoisotopic (exact) mass is 590 g/mol. The van der Waals surface area contributed by atoms with Crippen LogP contribution in [0.4, 0.5) is 17.3 Å². The third-order valence-electron chi connectivity index (χ3n) is 8.06. The average molecular weight is 591 g/mol. The van der Waals surface area contributed by atoms with Crippen molar-refractivity contribution in [3.8, 4) is 17.3 Å². The second kappa shape index (κ2) is 11.7. The minimum absolute atomic E-state index is 0.116. The van der Waals surface area contributed by atoms with Gasteiger partial charge in [-0.1, -0.05) is 54.9 Å². The van der Waals surface area contributed by atoms with Crippen LogP contribution in [-0.4, -0.2) is 56.7 Å². The van der Waals surface area contributed by atoms with Crippen LogP contribution in [0.5, 0.6) is 0 Å². The number of halogens is 1. The number of nitrogens with zero attached hydrogens (tertiary/aromatic N) is 7. The largest absolute Gasteiger partial charge is 0.368 e. The summed E-state index contributed by atoms with van der Waals surface area (Å²) in [5, 5.41) is 20.0. The van der Waals surface area contributed by atoms with Gasteiger partial charge in [0.25, 0.3) is 0 Å². The Hall–Kier alpha value is -4.94. The number of carbonyl (C=O) groups excluding carboxylic acids is 1. The third kappa shape index (κ3) is 5.49. The summed E-state index contributed by atoms with van der Waals surface area (Å²) in [5.74, 6) is 0.585. The highest BCUT2D eigenvalue weighted by molar-refractivity contribution is 6.30. The molecule has 1 N–H and O–H groups in total. The van der Waals surface area contributed by atoms with E-state index in [0.717, 1.165) is 46.5 Å². The number of anilines is 3. The maximum atomic E-state index is 11.7. The summed E-state index contributed by atoms with van der Waals surface area (Å²) < 4.78 is 1.72. The standard InChI is InChI=1S/C33H31ClN8O/c1-3-33(22-35,25-8-5-9-26(34)19-25)42-14-13-30(39-42)29-12-4-7-24-21-36-32(38-31(24)29)37-27-10-6-11-28(20-27)41-17-15-40(16-18-41)23(2)43/h4-14,19-21H,3,15-18H2,1-2H3,(H,36,37,38). The SMILES string of the molecule is CCC(C#N)(c1cccc(Cl)c1)n1ccc(-c2cccc3cnc(Nc4cccc(N5CCN(C(C)=O)CC5)c4)nc23)n1. The van der Waals surface area contributed by atoms with Crippen molar-refractivity contribution in [2.24, 2.45) is 0 Å². The quantitative estimate of drug-likeness (QED) is 0.239. The number of para-hydroxylation sites is 1. The summed E-state index contributed by atoms with van der Waals surface area (Å²) in [4.78, 5) is 25.3. The molecule has 0 bridgehead atoms.